The fourth-order valence-corrected chi connectivity index (χ4v) is 8.36. The number of nitrogen functional groups attached to an aromatic ring is 3. The van der Waals surface area contributed by atoms with Gasteiger partial charge in [0.2, 0.25) is 0 Å². The van der Waals surface area contributed by atoms with Crippen molar-refractivity contribution in [2.24, 2.45) is 0 Å². The monoisotopic (exact) mass is 551 g/mol. The van der Waals surface area contributed by atoms with Crippen molar-refractivity contribution in [3.05, 3.63) is 146 Å². The minimum atomic E-state index is -3.37. The quantitative estimate of drug-likeness (QED) is 0.152. The first-order valence-electron chi connectivity index (χ1n) is 13.4. The molecule has 6 N–H and O–H groups in total. The maximum Gasteiger partial charge on any atom is 0.171 e. The van der Waals surface area contributed by atoms with Gasteiger partial charge in [-0.3, -0.25) is 0 Å². The van der Waals surface area contributed by atoms with Gasteiger partial charge >= 0.3 is 0 Å². The summed E-state index contributed by atoms with van der Waals surface area (Å²) >= 11 is 0. The van der Waals surface area contributed by atoms with Gasteiger partial charge in [0.05, 0.1) is 0 Å². The van der Waals surface area contributed by atoms with Gasteiger partial charge in [0.25, 0.3) is 0 Å². The van der Waals surface area contributed by atoms with E-state index in [1.54, 1.807) is 0 Å². The third-order valence-electron chi connectivity index (χ3n) is 7.31. The summed E-state index contributed by atoms with van der Waals surface area (Å²) in [6.45, 7) is 0. The Bertz CT molecular complexity index is 1860. The lowest BCUT2D eigenvalue weighted by atomic mass is 9.87. The molecule has 0 atom stereocenters. The molecular weight excluding hydrogens is 521 g/mol. The fourth-order valence-electron chi connectivity index (χ4n) is 5.48. The van der Waals surface area contributed by atoms with Crippen molar-refractivity contribution in [3.63, 3.8) is 0 Å². The molecule has 0 aromatic heterocycles. The fraction of sp³-hybridized carbons (Fsp3) is 0. The summed E-state index contributed by atoms with van der Waals surface area (Å²) in [6.07, 6.45) is 0. The predicted molar refractivity (Wildman–Crippen MR) is 175 cm³/mol. The standard InChI is InChI=1S/C36H30N3OP/c37-28-13-7-10-25(22-28)33-20-21-34(41(40,31-16-3-1-4-17-31)32-18-5-2-6-19-32)36(27-12-9-15-30(39)24-27)35(33)26-11-8-14-29(38)23-26/h1-24H,37-39H2. The van der Waals surface area contributed by atoms with Gasteiger partial charge in [-0.2, -0.15) is 0 Å². The zero-order valence-electron chi connectivity index (χ0n) is 22.4. The van der Waals surface area contributed by atoms with Crippen molar-refractivity contribution >= 4 is 40.1 Å². The van der Waals surface area contributed by atoms with E-state index in [0.29, 0.717) is 17.1 Å². The summed E-state index contributed by atoms with van der Waals surface area (Å²) in [6, 6.07) is 46.9. The molecule has 0 aliphatic heterocycles. The summed E-state index contributed by atoms with van der Waals surface area (Å²) in [5.74, 6) is 0. The van der Waals surface area contributed by atoms with E-state index in [9.17, 15) is 0 Å². The lowest BCUT2D eigenvalue weighted by molar-refractivity contribution is 0.592. The molecule has 5 heteroatoms. The Hall–Kier alpha value is -5.05. The Balaban J connectivity index is 1.81. The summed E-state index contributed by atoms with van der Waals surface area (Å²) < 4.78 is 15.8. The van der Waals surface area contributed by atoms with Gasteiger partial charge in [0.1, 0.15) is 0 Å². The lowest BCUT2D eigenvalue weighted by Gasteiger charge is -2.27. The topological polar surface area (TPSA) is 95.1 Å². The van der Waals surface area contributed by atoms with Gasteiger partial charge in [-0.25, -0.2) is 0 Å². The molecule has 0 aliphatic carbocycles. The molecule has 6 aromatic carbocycles. The second kappa shape index (κ2) is 10.8. The molecule has 0 saturated heterocycles. The highest BCUT2D eigenvalue weighted by Gasteiger charge is 2.34. The Kier molecular flexibility index (Phi) is 6.93. The molecule has 0 heterocycles. The van der Waals surface area contributed by atoms with Gasteiger partial charge in [0.15, 0.2) is 7.14 Å². The van der Waals surface area contributed by atoms with E-state index >= 15 is 4.57 Å². The smallest absolute Gasteiger partial charge is 0.171 e. The number of hydrogen-bond donors (Lipinski definition) is 3. The van der Waals surface area contributed by atoms with Crippen molar-refractivity contribution in [1.29, 1.82) is 0 Å². The SMILES string of the molecule is Nc1cccc(-c2ccc(P(=O)(c3ccccc3)c3ccccc3)c(-c3cccc(N)c3)c2-c2cccc(N)c2)c1. The van der Waals surface area contributed by atoms with Crippen LogP contribution in [0.5, 0.6) is 0 Å². The Labute approximate surface area is 240 Å². The Morgan fingerprint density at radius 1 is 0.415 bits per heavy atom. The summed E-state index contributed by atoms with van der Waals surface area (Å²) in [5.41, 5.74) is 26.3. The zero-order valence-corrected chi connectivity index (χ0v) is 23.3. The van der Waals surface area contributed by atoms with Crippen LogP contribution in [0.4, 0.5) is 17.1 Å². The third kappa shape index (κ3) is 4.91. The summed E-state index contributed by atoms with van der Waals surface area (Å²) in [7, 11) is -3.37. The Morgan fingerprint density at radius 2 is 0.854 bits per heavy atom. The van der Waals surface area contributed by atoms with Crippen LogP contribution in [0, 0.1) is 0 Å². The largest absolute Gasteiger partial charge is 0.399 e. The minimum absolute atomic E-state index is 0.621. The molecular formula is C36H30N3OP. The van der Waals surface area contributed by atoms with Crippen LogP contribution in [0.15, 0.2) is 146 Å². The molecule has 0 spiro atoms. The van der Waals surface area contributed by atoms with Crippen molar-refractivity contribution in [2.45, 2.75) is 0 Å². The highest BCUT2D eigenvalue weighted by atomic mass is 31.2. The molecule has 0 radical (unpaired) electrons. The molecule has 6 rings (SSSR count). The molecule has 0 aliphatic rings. The molecule has 41 heavy (non-hydrogen) atoms. The van der Waals surface area contributed by atoms with Crippen LogP contribution in [-0.2, 0) is 4.57 Å². The van der Waals surface area contributed by atoms with E-state index in [1.165, 1.54) is 0 Å². The first kappa shape index (κ1) is 26.2. The van der Waals surface area contributed by atoms with Crippen LogP contribution in [0.25, 0.3) is 33.4 Å². The van der Waals surface area contributed by atoms with Crippen molar-refractivity contribution in [2.75, 3.05) is 17.2 Å². The van der Waals surface area contributed by atoms with E-state index in [1.807, 2.05) is 140 Å². The molecule has 0 amide bonds. The predicted octanol–water partition coefficient (Wildman–Crippen LogP) is 7.07. The average molecular weight is 552 g/mol. The molecule has 6 aromatic rings. The van der Waals surface area contributed by atoms with Crippen LogP contribution >= 0.6 is 7.14 Å². The summed E-state index contributed by atoms with van der Waals surface area (Å²) in [4.78, 5) is 0. The summed E-state index contributed by atoms with van der Waals surface area (Å²) in [5, 5.41) is 2.24. The lowest BCUT2D eigenvalue weighted by Crippen LogP contribution is -2.27. The molecule has 0 fully saturated rings. The molecule has 200 valence electrons. The van der Waals surface area contributed by atoms with Gasteiger partial charge < -0.3 is 21.8 Å². The first-order valence-corrected chi connectivity index (χ1v) is 15.1. The van der Waals surface area contributed by atoms with E-state index < -0.39 is 7.14 Å². The van der Waals surface area contributed by atoms with Crippen LogP contribution in [0.3, 0.4) is 0 Å². The van der Waals surface area contributed by atoms with Crippen LogP contribution in [0.2, 0.25) is 0 Å². The third-order valence-corrected chi connectivity index (χ3v) is 10.4. The Morgan fingerprint density at radius 3 is 1.34 bits per heavy atom. The first-order chi connectivity index (χ1) is 19.9. The van der Waals surface area contributed by atoms with Gasteiger partial charge in [0, 0.05) is 38.5 Å². The van der Waals surface area contributed by atoms with E-state index in [-0.39, 0.29) is 0 Å². The van der Waals surface area contributed by atoms with Crippen molar-refractivity contribution < 1.29 is 4.57 Å². The van der Waals surface area contributed by atoms with Gasteiger partial charge in [-0.15, -0.1) is 0 Å². The zero-order chi connectivity index (χ0) is 28.4. The normalized spacial score (nSPS) is 11.3. The number of nitrogens with two attached hydrogens (primary N) is 3. The van der Waals surface area contributed by atoms with Crippen LogP contribution in [-0.4, -0.2) is 0 Å². The second-order valence-corrected chi connectivity index (χ2v) is 12.8. The molecule has 0 unspecified atom stereocenters. The highest BCUT2D eigenvalue weighted by Crippen LogP contribution is 2.50. The highest BCUT2D eigenvalue weighted by molar-refractivity contribution is 7.85. The van der Waals surface area contributed by atoms with E-state index in [4.69, 9.17) is 17.2 Å². The van der Waals surface area contributed by atoms with Gasteiger partial charge in [-0.1, -0.05) is 103 Å². The maximum absolute atomic E-state index is 15.8. The molecule has 0 saturated carbocycles. The number of rotatable bonds is 6. The number of anilines is 3. The second-order valence-electron chi connectivity index (χ2n) is 10.0. The number of hydrogen-bond acceptors (Lipinski definition) is 4. The maximum atomic E-state index is 15.8. The van der Waals surface area contributed by atoms with Crippen molar-refractivity contribution in [3.8, 4) is 33.4 Å². The average Bonchev–Trinajstić information content (AvgIpc) is 3.01. The minimum Gasteiger partial charge on any atom is -0.399 e. The van der Waals surface area contributed by atoms with Gasteiger partial charge in [-0.05, 0) is 70.3 Å². The van der Waals surface area contributed by atoms with Crippen molar-refractivity contribution in [1.82, 2.24) is 0 Å². The molecule has 0 bridgehead atoms. The van der Waals surface area contributed by atoms with Crippen LogP contribution in [0.1, 0.15) is 0 Å². The van der Waals surface area contributed by atoms with E-state index in [0.717, 1.165) is 49.3 Å². The van der Waals surface area contributed by atoms with Crippen LogP contribution < -0.4 is 33.1 Å². The number of benzene rings is 6. The van der Waals surface area contributed by atoms with E-state index in [2.05, 4.69) is 6.07 Å². The molecule has 4 nitrogen and oxygen atoms in total.